The molecule has 0 fully saturated rings. The average Bonchev–Trinajstić information content (AvgIpc) is 3.09. The highest BCUT2D eigenvalue weighted by molar-refractivity contribution is 7.17. The van der Waals surface area contributed by atoms with Gasteiger partial charge in [-0.25, -0.2) is 0 Å². The van der Waals surface area contributed by atoms with E-state index < -0.39 is 0 Å². The maximum absolute atomic E-state index is 12.2. The molecular formula is C16H17N3OS. The molecule has 0 saturated heterocycles. The highest BCUT2D eigenvalue weighted by Gasteiger charge is 2.10. The number of carbonyl (C=O) groups is 1. The number of nitrogens with zero attached hydrogens (tertiary/aromatic N) is 2. The summed E-state index contributed by atoms with van der Waals surface area (Å²) in [6, 6.07) is 8.00. The van der Waals surface area contributed by atoms with Crippen molar-refractivity contribution in [3.8, 4) is 0 Å². The summed E-state index contributed by atoms with van der Waals surface area (Å²) in [5.74, 6) is 0.0126. The van der Waals surface area contributed by atoms with Crippen LogP contribution >= 0.6 is 11.3 Å². The minimum absolute atomic E-state index is 0.0126. The quantitative estimate of drug-likeness (QED) is 0.736. The van der Waals surface area contributed by atoms with E-state index in [1.165, 1.54) is 5.56 Å². The van der Waals surface area contributed by atoms with Crippen molar-refractivity contribution in [1.82, 2.24) is 15.1 Å². The van der Waals surface area contributed by atoms with Gasteiger partial charge in [0, 0.05) is 35.3 Å². The Balaban J connectivity index is 1.54. The van der Waals surface area contributed by atoms with E-state index in [-0.39, 0.29) is 5.91 Å². The highest BCUT2D eigenvalue weighted by atomic mass is 32.1. The lowest BCUT2D eigenvalue weighted by Gasteiger charge is -2.03. The molecule has 3 rings (SSSR count). The van der Waals surface area contributed by atoms with E-state index in [1.54, 1.807) is 16.0 Å². The molecule has 0 atom stereocenters. The van der Waals surface area contributed by atoms with Gasteiger partial charge < -0.3 is 5.32 Å². The number of hydrogen-bond acceptors (Lipinski definition) is 3. The molecule has 4 nitrogen and oxygen atoms in total. The van der Waals surface area contributed by atoms with Crippen molar-refractivity contribution in [1.29, 1.82) is 0 Å². The monoisotopic (exact) mass is 299 g/mol. The van der Waals surface area contributed by atoms with Crippen LogP contribution in [0, 0.1) is 0 Å². The number of nitrogens with one attached hydrogen (secondary N) is 1. The van der Waals surface area contributed by atoms with Crippen molar-refractivity contribution in [3.63, 3.8) is 0 Å². The molecule has 1 N–H and O–H groups in total. The third-order valence-corrected chi connectivity index (χ3v) is 4.38. The standard InChI is InChI=1S/C16H17N3OS/c1-19-10-12(9-18-19)5-4-8-17-16(20)14-11-21-15-7-3-2-6-13(14)15/h2-3,6-7,9-11H,4-5,8H2,1H3,(H,17,20). The van der Waals surface area contributed by atoms with Crippen molar-refractivity contribution < 1.29 is 4.79 Å². The fourth-order valence-electron chi connectivity index (χ4n) is 2.34. The van der Waals surface area contributed by atoms with E-state index >= 15 is 0 Å². The van der Waals surface area contributed by atoms with Crippen LogP contribution in [0.15, 0.2) is 42.0 Å². The Bertz CT molecular complexity index is 760. The summed E-state index contributed by atoms with van der Waals surface area (Å²) in [6.45, 7) is 0.678. The zero-order chi connectivity index (χ0) is 14.7. The number of rotatable bonds is 5. The summed E-state index contributed by atoms with van der Waals surface area (Å²) < 4.78 is 2.95. The van der Waals surface area contributed by atoms with Gasteiger partial charge in [-0.3, -0.25) is 9.48 Å². The minimum atomic E-state index is 0.0126. The summed E-state index contributed by atoms with van der Waals surface area (Å²) in [5.41, 5.74) is 1.98. The molecule has 0 aliphatic heterocycles. The maximum atomic E-state index is 12.2. The van der Waals surface area contributed by atoms with Crippen LogP contribution in [0.3, 0.4) is 0 Å². The topological polar surface area (TPSA) is 46.9 Å². The van der Waals surface area contributed by atoms with Gasteiger partial charge in [0.05, 0.1) is 11.8 Å². The third-order valence-electron chi connectivity index (χ3n) is 3.41. The molecule has 2 aromatic heterocycles. The number of fused-ring (bicyclic) bond motifs is 1. The van der Waals surface area contributed by atoms with E-state index in [4.69, 9.17) is 0 Å². The second-order valence-corrected chi connectivity index (χ2v) is 5.94. The normalized spacial score (nSPS) is 10.9. The molecule has 0 bridgehead atoms. The Hall–Kier alpha value is -2.14. The molecule has 0 aliphatic carbocycles. The van der Waals surface area contributed by atoms with Gasteiger partial charge in [-0.2, -0.15) is 5.10 Å². The predicted molar refractivity (Wildman–Crippen MR) is 85.7 cm³/mol. The van der Waals surface area contributed by atoms with E-state index in [9.17, 15) is 4.79 Å². The van der Waals surface area contributed by atoms with Crippen LogP contribution in [-0.4, -0.2) is 22.2 Å². The van der Waals surface area contributed by atoms with Crippen molar-refractivity contribution >= 4 is 27.3 Å². The first-order valence-electron chi connectivity index (χ1n) is 6.96. The number of amides is 1. The van der Waals surface area contributed by atoms with Gasteiger partial charge in [0.2, 0.25) is 0 Å². The summed E-state index contributed by atoms with van der Waals surface area (Å²) in [5, 5.41) is 10.1. The van der Waals surface area contributed by atoms with E-state index in [0.717, 1.165) is 28.5 Å². The molecular weight excluding hydrogens is 282 g/mol. The maximum Gasteiger partial charge on any atom is 0.252 e. The minimum Gasteiger partial charge on any atom is -0.352 e. The smallest absolute Gasteiger partial charge is 0.252 e. The molecule has 2 heterocycles. The Kier molecular flexibility index (Phi) is 4.01. The number of carbonyl (C=O) groups excluding carboxylic acids is 1. The van der Waals surface area contributed by atoms with E-state index in [2.05, 4.69) is 10.4 Å². The molecule has 0 spiro atoms. The van der Waals surface area contributed by atoms with Gasteiger partial charge >= 0.3 is 0 Å². The van der Waals surface area contributed by atoms with Crippen LogP contribution in [0.1, 0.15) is 22.3 Å². The molecule has 3 aromatic rings. The van der Waals surface area contributed by atoms with Crippen LogP contribution in [0.2, 0.25) is 0 Å². The lowest BCUT2D eigenvalue weighted by atomic mass is 10.1. The fourth-order valence-corrected chi connectivity index (χ4v) is 3.29. The number of benzene rings is 1. The molecule has 5 heteroatoms. The molecule has 0 unspecified atom stereocenters. The Morgan fingerprint density at radius 2 is 2.24 bits per heavy atom. The average molecular weight is 299 g/mol. The summed E-state index contributed by atoms with van der Waals surface area (Å²) in [7, 11) is 1.91. The van der Waals surface area contributed by atoms with Crippen molar-refractivity contribution in [2.75, 3.05) is 6.54 Å². The fraction of sp³-hybridized carbons (Fsp3) is 0.250. The van der Waals surface area contributed by atoms with Crippen LogP contribution < -0.4 is 5.32 Å². The van der Waals surface area contributed by atoms with Gasteiger partial charge in [-0.1, -0.05) is 18.2 Å². The van der Waals surface area contributed by atoms with Gasteiger partial charge in [-0.05, 0) is 24.5 Å². The first-order chi connectivity index (χ1) is 10.2. The Morgan fingerprint density at radius 3 is 3.05 bits per heavy atom. The van der Waals surface area contributed by atoms with E-state index in [0.29, 0.717) is 6.54 Å². The van der Waals surface area contributed by atoms with Gasteiger partial charge in [0.15, 0.2) is 0 Å². The summed E-state index contributed by atoms with van der Waals surface area (Å²) in [4.78, 5) is 12.2. The van der Waals surface area contributed by atoms with E-state index in [1.807, 2.05) is 49.1 Å². The van der Waals surface area contributed by atoms with Crippen LogP contribution in [0.25, 0.3) is 10.1 Å². The molecule has 0 saturated carbocycles. The van der Waals surface area contributed by atoms with Crippen molar-refractivity contribution in [3.05, 3.63) is 53.2 Å². The second-order valence-electron chi connectivity index (χ2n) is 5.03. The molecule has 21 heavy (non-hydrogen) atoms. The predicted octanol–water partition coefficient (Wildman–Crippen LogP) is 3.00. The largest absolute Gasteiger partial charge is 0.352 e. The number of thiophene rings is 1. The van der Waals surface area contributed by atoms with Gasteiger partial charge in [0.25, 0.3) is 5.91 Å². The number of aryl methyl sites for hydroxylation is 2. The SMILES string of the molecule is Cn1cc(CCCNC(=O)c2csc3ccccc23)cn1. The lowest BCUT2D eigenvalue weighted by molar-refractivity contribution is 0.0955. The summed E-state index contributed by atoms with van der Waals surface area (Å²) >= 11 is 1.61. The molecule has 108 valence electrons. The van der Waals surface area contributed by atoms with Gasteiger partial charge in [-0.15, -0.1) is 11.3 Å². The third kappa shape index (κ3) is 3.13. The molecule has 1 aromatic carbocycles. The molecule has 0 radical (unpaired) electrons. The number of aromatic nitrogens is 2. The van der Waals surface area contributed by atoms with Crippen LogP contribution in [0.4, 0.5) is 0 Å². The zero-order valence-corrected chi connectivity index (χ0v) is 12.7. The van der Waals surface area contributed by atoms with Crippen molar-refractivity contribution in [2.24, 2.45) is 7.05 Å². The lowest BCUT2D eigenvalue weighted by Crippen LogP contribution is -2.24. The van der Waals surface area contributed by atoms with Crippen LogP contribution in [-0.2, 0) is 13.5 Å². The first-order valence-corrected chi connectivity index (χ1v) is 7.84. The number of hydrogen-bond donors (Lipinski definition) is 1. The second kappa shape index (κ2) is 6.10. The van der Waals surface area contributed by atoms with Crippen molar-refractivity contribution in [2.45, 2.75) is 12.8 Å². The first kappa shape index (κ1) is 13.8. The van der Waals surface area contributed by atoms with Crippen LogP contribution in [0.5, 0.6) is 0 Å². The summed E-state index contributed by atoms with van der Waals surface area (Å²) in [6.07, 6.45) is 5.72. The Labute approximate surface area is 127 Å². The molecule has 0 aliphatic rings. The molecule has 1 amide bonds. The van der Waals surface area contributed by atoms with Gasteiger partial charge in [0.1, 0.15) is 0 Å². The zero-order valence-electron chi connectivity index (χ0n) is 11.9. The highest BCUT2D eigenvalue weighted by Crippen LogP contribution is 2.25. The Morgan fingerprint density at radius 1 is 1.38 bits per heavy atom.